The Kier molecular flexibility index (Phi) is 4.70. The number of carbonyl (C=O) groups excluding carboxylic acids is 2. The number of esters is 1. The van der Waals surface area contributed by atoms with Crippen molar-refractivity contribution in [1.29, 1.82) is 0 Å². The first-order valence-corrected chi connectivity index (χ1v) is 8.71. The summed E-state index contributed by atoms with van der Waals surface area (Å²) in [4.78, 5) is 30.2. The van der Waals surface area contributed by atoms with Crippen molar-refractivity contribution >= 4 is 11.9 Å². The van der Waals surface area contributed by atoms with Gasteiger partial charge in [0.15, 0.2) is 18.8 Å². The number of rotatable bonds is 4. The van der Waals surface area contributed by atoms with Crippen LogP contribution in [0.25, 0.3) is 11.3 Å². The molecule has 6 heteroatoms. The average molecular weight is 362 g/mol. The van der Waals surface area contributed by atoms with Gasteiger partial charge in [-0.3, -0.25) is 4.79 Å². The molecule has 0 unspecified atom stereocenters. The van der Waals surface area contributed by atoms with Crippen LogP contribution in [0.1, 0.15) is 21.5 Å². The summed E-state index contributed by atoms with van der Waals surface area (Å²) in [6, 6.07) is 14.9. The monoisotopic (exact) mass is 362 g/mol. The highest BCUT2D eigenvalue weighted by molar-refractivity contribution is 5.91. The molecule has 0 saturated heterocycles. The number of oxazole rings is 1. The van der Waals surface area contributed by atoms with Crippen molar-refractivity contribution in [3.8, 4) is 11.3 Å². The van der Waals surface area contributed by atoms with Gasteiger partial charge in [-0.2, -0.15) is 0 Å². The van der Waals surface area contributed by atoms with Gasteiger partial charge in [0.05, 0.1) is 11.8 Å². The van der Waals surface area contributed by atoms with Gasteiger partial charge in [0.2, 0.25) is 0 Å². The summed E-state index contributed by atoms with van der Waals surface area (Å²) in [6.07, 6.45) is 3.77. The predicted octanol–water partition coefficient (Wildman–Crippen LogP) is 3.08. The van der Waals surface area contributed by atoms with Crippen LogP contribution in [0.2, 0.25) is 0 Å². The minimum absolute atomic E-state index is 0.184. The van der Waals surface area contributed by atoms with E-state index in [0.717, 1.165) is 17.5 Å². The van der Waals surface area contributed by atoms with E-state index in [-0.39, 0.29) is 12.5 Å². The molecule has 0 spiro atoms. The number of aromatic nitrogens is 1. The number of ether oxygens (including phenoxy) is 1. The second-order valence-electron chi connectivity index (χ2n) is 6.35. The Labute approximate surface area is 156 Å². The second-order valence-corrected chi connectivity index (χ2v) is 6.35. The summed E-state index contributed by atoms with van der Waals surface area (Å²) < 4.78 is 10.4. The molecule has 0 atom stereocenters. The van der Waals surface area contributed by atoms with E-state index in [4.69, 9.17) is 9.15 Å². The molecule has 1 aliphatic heterocycles. The number of fused-ring (bicyclic) bond motifs is 1. The number of amides is 1. The van der Waals surface area contributed by atoms with Crippen LogP contribution >= 0.6 is 0 Å². The maximum atomic E-state index is 12.4. The van der Waals surface area contributed by atoms with Crippen LogP contribution in [0.15, 0.2) is 65.5 Å². The first-order valence-electron chi connectivity index (χ1n) is 8.71. The normalized spacial score (nSPS) is 13.1. The van der Waals surface area contributed by atoms with E-state index < -0.39 is 5.97 Å². The zero-order valence-electron chi connectivity index (χ0n) is 14.6. The largest absolute Gasteiger partial charge is 0.452 e. The van der Waals surface area contributed by atoms with E-state index in [2.05, 4.69) is 11.1 Å². The number of benzene rings is 2. The molecule has 0 fully saturated rings. The fourth-order valence-corrected chi connectivity index (χ4v) is 3.14. The van der Waals surface area contributed by atoms with Crippen molar-refractivity contribution in [3.63, 3.8) is 0 Å². The molecule has 1 aliphatic rings. The van der Waals surface area contributed by atoms with E-state index in [0.29, 0.717) is 24.4 Å². The van der Waals surface area contributed by atoms with Crippen LogP contribution in [0.4, 0.5) is 0 Å². The minimum atomic E-state index is -0.523. The topological polar surface area (TPSA) is 72.6 Å². The summed E-state index contributed by atoms with van der Waals surface area (Å²) in [7, 11) is 0. The lowest BCUT2D eigenvalue weighted by Gasteiger charge is -2.28. The van der Waals surface area contributed by atoms with Gasteiger partial charge in [-0.05, 0) is 29.7 Å². The molecule has 136 valence electrons. The molecule has 27 heavy (non-hydrogen) atoms. The van der Waals surface area contributed by atoms with Crippen LogP contribution in [0.3, 0.4) is 0 Å². The Morgan fingerprint density at radius 3 is 2.59 bits per heavy atom. The third-order valence-electron chi connectivity index (χ3n) is 4.65. The molecule has 0 saturated carbocycles. The lowest BCUT2D eigenvalue weighted by atomic mass is 10.00. The fraction of sp³-hybridized carbons (Fsp3) is 0.190. The van der Waals surface area contributed by atoms with E-state index in [1.165, 1.54) is 12.0 Å². The molecule has 4 rings (SSSR count). The number of nitrogens with zero attached hydrogens (tertiary/aromatic N) is 2. The van der Waals surface area contributed by atoms with Crippen LogP contribution in [-0.4, -0.2) is 34.9 Å². The Morgan fingerprint density at radius 1 is 1.07 bits per heavy atom. The highest BCUT2D eigenvalue weighted by atomic mass is 16.5. The average Bonchev–Trinajstić information content (AvgIpc) is 3.26. The third kappa shape index (κ3) is 3.74. The Morgan fingerprint density at radius 2 is 1.85 bits per heavy atom. The Hall–Kier alpha value is -3.41. The van der Waals surface area contributed by atoms with Gasteiger partial charge in [0, 0.05) is 18.7 Å². The zero-order valence-corrected chi connectivity index (χ0v) is 14.6. The van der Waals surface area contributed by atoms with E-state index in [1.807, 2.05) is 18.2 Å². The zero-order chi connectivity index (χ0) is 18.6. The second kappa shape index (κ2) is 7.45. The van der Waals surface area contributed by atoms with E-state index in [1.54, 1.807) is 35.4 Å². The highest BCUT2D eigenvalue weighted by Crippen LogP contribution is 2.20. The Balaban J connectivity index is 1.33. The molecule has 2 heterocycles. The van der Waals surface area contributed by atoms with Crippen LogP contribution in [0.5, 0.6) is 0 Å². The molecule has 0 bridgehead atoms. The predicted molar refractivity (Wildman–Crippen MR) is 97.8 cm³/mol. The molecular formula is C21H18N2O4. The fourth-order valence-electron chi connectivity index (χ4n) is 3.14. The molecule has 0 aliphatic carbocycles. The van der Waals surface area contributed by atoms with Crippen molar-refractivity contribution < 1.29 is 18.7 Å². The lowest BCUT2D eigenvalue weighted by Crippen LogP contribution is -2.38. The van der Waals surface area contributed by atoms with Crippen molar-refractivity contribution in [2.24, 2.45) is 0 Å². The standard InChI is InChI=1S/C21H18N2O4/c24-20(23-10-9-15-3-1-2-4-18(15)12-23)13-26-21(25)17-7-5-16(6-8-17)19-11-22-14-27-19/h1-8,11,14H,9-10,12-13H2. The first-order chi connectivity index (χ1) is 13.2. The van der Waals surface area contributed by atoms with Gasteiger partial charge in [0.25, 0.3) is 5.91 Å². The van der Waals surface area contributed by atoms with Crippen molar-refractivity contribution in [3.05, 3.63) is 77.8 Å². The first kappa shape index (κ1) is 17.0. The van der Waals surface area contributed by atoms with Crippen LogP contribution in [0, 0.1) is 0 Å². The van der Waals surface area contributed by atoms with E-state index in [9.17, 15) is 9.59 Å². The maximum Gasteiger partial charge on any atom is 0.338 e. The third-order valence-corrected chi connectivity index (χ3v) is 4.65. The molecule has 6 nitrogen and oxygen atoms in total. The maximum absolute atomic E-state index is 12.4. The van der Waals surface area contributed by atoms with Crippen LogP contribution < -0.4 is 0 Å². The minimum Gasteiger partial charge on any atom is -0.452 e. The summed E-state index contributed by atoms with van der Waals surface area (Å²) in [5, 5.41) is 0. The van der Waals surface area contributed by atoms with Gasteiger partial charge < -0.3 is 14.1 Å². The van der Waals surface area contributed by atoms with Gasteiger partial charge in [-0.1, -0.05) is 36.4 Å². The summed E-state index contributed by atoms with van der Waals surface area (Å²) in [5.41, 5.74) is 3.61. The number of hydrogen-bond donors (Lipinski definition) is 0. The SMILES string of the molecule is O=C(OCC(=O)N1CCc2ccccc2C1)c1ccc(-c2cnco2)cc1. The molecule has 1 amide bonds. The Bertz CT molecular complexity index is 949. The molecule has 3 aromatic rings. The van der Waals surface area contributed by atoms with E-state index >= 15 is 0 Å². The molecule has 1 aromatic heterocycles. The quantitative estimate of drug-likeness (QED) is 0.667. The summed E-state index contributed by atoms with van der Waals surface area (Å²) >= 11 is 0. The summed E-state index contributed by atoms with van der Waals surface area (Å²) in [6.45, 7) is 0.933. The number of carbonyl (C=O) groups is 2. The van der Waals surface area contributed by atoms with Gasteiger partial charge in [0.1, 0.15) is 0 Å². The van der Waals surface area contributed by atoms with Gasteiger partial charge in [-0.15, -0.1) is 0 Å². The van der Waals surface area contributed by atoms with Crippen molar-refractivity contribution in [2.45, 2.75) is 13.0 Å². The molecule has 0 N–H and O–H groups in total. The van der Waals surface area contributed by atoms with Crippen molar-refractivity contribution in [2.75, 3.05) is 13.2 Å². The smallest absolute Gasteiger partial charge is 0.338 e. The van der Waals surface area contributed by atoms with Gasteiger partial charge in [-0.25, -0.2) is 9.78 Å². The van der Waals surface area contributed by atoms with Crippen LogP contribution in [-0.2, 0) is 22.5 Å². The highest BCUT2D eigenvalue weighted by Gasteiger charge is 2.21. The van der Waals surface area contributed by atoms with Crippen molar-refractivity contribution in [1.82, 2.24) is 9.88 Å². The lowest BCUT2D eigenvalue weighted by molar-refractivity contribution is -0.135. The van der Waals surface area contributed by atoms with Gasteiger partial charge >= 0.3 is 5.97 Å². The number of hydrogen-bond acceptors (Lipinski definition) is 5. The molecular weight excluding hydrogens is 344 g/mol. The summed E-state index contributed by atoms with van der Waals surface area (Å²) in [5.74, 6) is -0.0866. The molecule has 2 aromatic carbocycles. The molecule has 0 radical (unpaired) electrons.